The molecule has 0 aliphatic heterocycles. The Kier molecular flexibility index (Phi) is 5.95. The Bertz CT molecular complexity index is 1140. The summed E-state index contributed by atoms with van der Waals surface area (Å²) in [4.78, 5) is 1.31. The van der Waals surface area contributed by atoms with Crippen molar-refractivity contribution in [2.24, 2.45) is 0 Å². The topological polar surface area (TPSA) is 82.8 Å². The highest BCUT2D eigenvalue weighted by atomic mass is 32.2. The molecule has 5 rings (SSSR count). The molecule has 0 spiro atoms. The molecule has 0 bridgehead atoms. The summed E-state index contributed by atoms with van der Waals surface area (Å²) in [6.07, 6.45) is 7.05. The van der Waals surface area contributed by atoms with E-state index in [1.807, 2.05) is 19.9 Å². The Morgan fingerprint density at radius 2 is 1.97 bits per heavy atom. The monoisotopic (exact) mass is 455 g/mol. The van der Waals surface area contributed by atoms with Gasteiger partial charge in [0.25, 0.3) is 5.89 Å². The number of hydrogen-bond donors (Lipinski definition) is 0. The fourth-order valence-corrected chi connectivity index (χ4v) is 5.75. The van der Waals surface area contributed by atoms with Gasteiger partial charge in [-0.3, -0.25) is 0 Å². The number of aromatic nitrogens is 5. The Morgan fingerprint density at radius 3 is 2.71 bits per heavy atom. The third-order valence-corrected chi connectivity index (χ3v) is 7.45. The quantitative estimate of drug-likeness (QED) is 0.317. The second-order valence-electron chi connectivity index (χ2n) is 7.93. The lowest BCUT2D eigenvalue weighted by atomic mass is 9.95. The van der Waals surface area contributed by atoms with E-state index < -0.39 is 0 Å². The molecule has 4 aromatic rings. The van der Waals surface area contributed by atoms with Gasteiger partial charge in [-0.05, 0) is 44.2 Å². The molecule has 9 heteroatoms. The molecule has 4 heterocycles. The second-order valence-corrected chi connectivity index (χ2v) is 9.91. The summed E-state index contributed by atoms with van der Waals surface area (Å²) in [5, 5.41) is 20.6. The minimum atomic E-state index is 0.469. The molecule has 0 aromatic carbocycles. The fraction of sp³-hybridized carbons (Fsp3) is 0.455. The van der Waals surface area contributed by atoms with Gasteiger partial charge in [0, 0.05) is 17.3 Å². The predicted octanol–water partition coefficient (Wildman–Crippen LogP) is 5.99. The van der Waals surface area contributed by atoms with Gasteiger partial charge in [0.15, 0.2) is 5.16 Å². The molecule has 1 aliphatic rings. The summed E-state index contributed by atoms with van der Waals surface area (Å²) in [5.41, 5.74) is 0.852. The zero-order valence-electron chi connectivity index (χ0n) is 17.7. The van der Waals surface area contributed by atoms with Crippen LogP contribution in [-0.2, 0) is 12.2 Å². The minimum absolute atomic E-state index is 0.469. The Morgan fingerprint density at radius 1 is 1.10 bits per heavy atom. The lowest BCUT2D eigenvalue weighted by Gasteiger charge is -2.25. The fourth-order valence-electron chi connectivity index (χ4n) is 4.19. The van der Waals surface area contributed by atoms with E-state index in [2.05, 4.69) is 42.5 Å². The van der Waals surface area contributed by atoms with Crippen LogP contribution in [0.15, 0.2) is 37.6 Å². The Hall–Kier alpha value is -2.39. The van der Waals surface area contributed by atoms with Crippen molar-refractivity contribution in [3.63, 3.8) is 0 Å². The van der Waals surface area contributed by atoms with Gasteiger partial charge in [0.1, 0.15) is 17.3 Å². The van der Waals surface area contributed by atoms with Gasteiger partial charge in [0.2, 0.25) is 5.89 Å². The number of rotatable bonds is 7. The van der Waals surface area contributed by atoms with Crippen molar-refractivity contribution in [3.8, 4) is 11.5 Å². The highest BCUT2D eigenvalue weighted by Gasteiger charge is 2.24. The summed E-state index contributed by atoms with van der Waals surface area (Å²) in [5.74, 6) is 4.31. The standard InChI is InChI=1S/C22H25N5O2S2/c1-14-11-18(15(2)28-14)21-25-24-20(29-21)13-31-22-26-23-19(12-17-9-6-10-30-17)27(22)16-7-4-3-5-8-16/h6,9-11,16H,3-5,7-8,12-13H2,1-2H3. The van der Waals surface area contributed by atoms with E-state index in [9.17, 15) is 0 Å². The molecule has 4 aromatic heterocycles. The van der Waals surface area contributed by atoms with Crippen LogP contribution in [0.5, 0.6) is 0 Å². The Labute approximate surface area is 189 Å². The molecule has 1 saturated carbocycles. The number of thiophene rings is 1. The molecule has 0 radical (unpaired) electrons. The maximum Gasteiger partial charge on any atom is 0.251 e. The van der Waals surface area contributed by atoms with Crippen LogP contribution in [0.25, 0.3) is 11.5 Å². The van der Waals surface area contributed by atoms with Gasteiger partial charge >= 0.3 is 0 Å². The van der Waals surface area contributed by atoms with Gasteiger partial charge < -0.3 is 13.4 Å². The van der Waals surface area contributed by atoms with E-state index in [1.165, 1.54) is 37.0 Å². The van der Waals surface area contributed by atoms with Gasteiger partial charge in [0.05, 0.1) is 11.3 Å². The summed E-state index contributed by atoms with van der Waals surface area (Å²) in [6.45, 7) is 3.82. The lowest BCUT2D eigenvalue weighted by molar-refractivity contribution is 0.330. The first kappa shape index (κ1) is 20.5. The molecule has 0 unspecified atom stereocenters. The molecular formula is C22H25N5O2S2. The summed E-state index contributed by atoms with van der Waals surface area (Å²) in [7, 11) is 0. The third kappa shape index (κ3) is 4.48. The first-order valence-electron chi connectivity index (χ1n) is 10.7. The van der Waals surface area contributed by atoms with Crippen LogP contribution < -0.4 is 0 Å². The molecule has 0 saturated heterocycles. The molecule has 1 fully saturated rings. The van der Waals surface area contributed by atoms with Crippen LogP contribution in [0.3, 0.4) is 0 Å². The molecular weight excluding hydrogens is 430 g/mol. The molecule has 1 aliphatic carbocycles. The lowest BCUT2D eigenvalue weighted by Crippen LogP contribution is -2.16. The van der Waals surface area contributed by atoms with Crippen LogP contribution >= 0.6 is 23.1 Å². The summed E-state index contributed by atoms with van der Waals surface area (Å²) >= 11 is 3.39. The highest BCUT2D eigenvalue weighted by Crippen LogP contribution is 2.34. The average Bonchev–Trinajstić information content (AvgIpc) is 3.56. The van der Waals surface area contributed by atoms with Crippen LogP contribution in [0, 0.1) is 13.8 Å². The van der Waals surface area contributed by atoms with E-state index in [-0.39, 0.29) is 0 Å². The highest BCUT2D eigenvalue weighted by molar-refractivity contribution is 7.98. The number of hydrogen-bond acceptors (Lipinski definition) is 8. The largest absolute Gasteiger partial charge is 0.466 e. The van der Waals surface area contributed by atoms with Gasteiger partial charge in [-0.1, -0.05) is 37.1 Å². The molecule has 31 heavy (non-hydrogen) atoms. The van der Waals surface area contributed by atoms with Crippen LogP contribution in [0.1, 0.15) is 66.3 Å². The van der Waals surface area contributed by atoms with Crippen molar-refractivity contribution >= 4 is 23.1 Å². The molecule has 0 atom stereocenters. The number of aryl methyl sites for hydroxylation is 2. The first-order valence-corrected chi connectivity index (χ1v) is 12.5. The van der Waals surface area contributed by atoms with Crippen molar-refractivity contribution in [2.75, 3.05) is 0 Å². The second kappa shape index (κ2) is 9.00. The summed E-state index contributed by atoms with van der Waals surface area (Å²) in [6, 6.07) is 6.65. The van der Waals surface area contributed by atoms with Crippen molar-refractivity contribution in [2.45, 2.75) is 69.3 Å². The van der Waals surface area contributed by atoms with E-state index in [0.29, 0.717) is 23.6 Å². The SMILES string of the molecule is Cc1cc(-c2nnc(CSc3nnc(Cc4cccs4)n3C3CCCCC3)o2)c(C)o1. The smallest absolute Gasteiger partial charge is 0.251 e. The number of furan rings is 1. The zero-order chi connectivity index (χ0) is 21.2. The predicted molar refractivity (Wildman–Crippen MR) is 120 cm³/mol. The van der Waals surface area contributed by atoms with E-state index in [4.69, 9.17) is 8.83 Å². The molecule has 0 N–H and O–H groups in total. The van der Waals surface area contributed by atoms with Crippen molar-refractivity contribution < 1.29 is 8.83 Å². The number of thioether (sulfide) groups is 1. The van der Waals surface area contributed by atoms with Crippen molar-refractivity contribution in [3.05, 3.63) is 51.7 Å². The van der Waals surface area contributed by atoms with Gasteiger partial charge in [-0.25, -0.2) is 0 Å². The third-order valence-electron chi connectivity index (χ3n) is 5.65. The first-order chi connectivity index (χ1) is 15.2. The maximum atomic E-state index is 5.90. The van der Waals surface area contributed by atoms with E-state index in [0.717, 1.165) is 34.5 Å². The minimum Gasteiger partial charge on any atom is -0.466 e. The molecule has 0 amide bonds. The van der Waals surface area contributed by atoms with E-state index >= 15 is 0 Å². The van der Waals surface area contributed by atoms with Crippen molar-refractivity contribution in [1.82, 2.24) is 25.0 Å². The van der Waals surface area contributed by atoms with E-state index in [1.54, 1.807) is 23.1 Å². The van der Waals surface area contributed by atoms with Crippen LogP contribution in [0.2, 0.25) is 0 Å². The van der Waals surface area contributed by atoms with Gasteiger partial charge in [-0.15, -0.1) is 31.7 Å². The van der Waals surface area contributed by atoms with Crippen molar-refractivity contribution in [1.29, 1.82) is 0 Å². The van der Waals surface area contributed by atoms with Gasteiger partial charge in [-0.2, -0.15) is 0 Å². The Balaban J connectivity index is 1.35. The summed E-state index contributed by atoms with van der Waals surface area (Å²) < 4.78 is 13.9. The maximum absolute atomic E-state index is 5.90. The number of nitrogens with zero attached hydrogens (tertiary/aromatic N) is 5. The molecule has 162 valence electrons. The zero-order valence-corrected chi connectivity index (χ0v) is 19.3. The van der Waals surface area contributed by atoms with Crippen LogP contribution in [0.4, 0.5) is 0 Å². The molecule has 7 nitrogen and oxygen atoms in total. The average molecular weight is 456 g/mol. The van der Waals surface area contributed by atoms with Crippen LogP contribution in [-0.4, -0.2) is 25.0 Å². The normalized spacial score (nSPS) is 15.0.